The van der Waals surface area contributed by atoms with Crippen LogP contribution < -0.4 is 5.32 Å². The Labute approximate surface area is 493 Å². The molecule has 7 rings (SSSR count). The molecule has 5 aliphatic heterocycles. The number of aliphatic imine (C=N–C) groups is 3. The van der Waals surface area contributed by atoms with Gasteiger partial charge in [-0.25, -0.2) is 0 Å². The number of aromatic nitrogens is 2. The largest absolute Gasteiger partial charge is 0.469 e. The zero-order valence-electron chi connectivity index (χ0n) is 51.8. The van der Waals surface area contributed by atoms with Crippen molar-refractivity contribution in [2.45, 2.75) is 151 Å². The number of esters is 7. The van der Waals surface area contributed by atoms with E-state index in [9.17, 15) is 28.8 Å². The van der Waals surface area contributed by atoms with E-state index in [1.54, 1.807) is 19.3 Å². The molecule has 0 aliphatic carbocycles. The predicted octanol–water partition coefficient (Wildman–Crippen LogP) is 8.92. The third-order valence-corrected chi connectivity index (χ3v) is 19.8. The van der Waals surface area contributed by atoms with Gasteiger partial charge in [0, 0.05) is 118 Å². The van der Waals surface area contributed by atoms with Crippen LogP contribution in [0.1, 0.15) is 138 Å². The van der Waals surface area contributed by atoms with Crippen molar-refractivity contribution in [1.82, 2.24) is 15.3 Å². The molecule has 8 bridgehead atoms. The summed E-state index contributed by atoms with van der Waals surface area (Å²) >= 11 is 0. The van der Waals surface area contributed by atoms with Crippen molar-refractivity contribution in [2.24, 2.45) is 59.8 Å². The highest BCUT2D eigenvalue weighted by Gasteiger charge is 2.68. The lowest BCUT2D eigenvalue weighted by molar-refractivity contribution is -0.158. The SMILES string of the molecule is COC(=O)CC[C@@H]1/C2=C(\C)C3=NC([C@H](CC(=O)OC)[C@@]3(C)CCC(=O)OC)[C@@]3(C)N=C(/C(C)=C4\N/C(=C\C(=N2)C1(C)C)[C@@](C)(CCC(=O)OC)[C@]4(C)C(=O)OCCc1ccnc(-c2cc(C)ccn2)c1)[C@@H](CCC(=O)OC)[C@]3(C)CC(=O)OC. The molecule has 454 valence electrons. The first-order chi connectivity index (χ1) is 39.6. The fourth-order valence-corrected chi connectivity index (χ4v) is 14.0. The summed E-state index contributed by atoms with van der Waals surface area (Å²) in [4.78, 5) is 124. The molecule has 1 fully saturated rings. The molecule has 2 aromatic rings. The van der Waals surface area contributed by atoms with Gasteiger partial charge >= 0.3 is 41.8 Å². The number of allylic oxidation sites excluding steroid dienone is 5. The van der Waals surface area contributed by atoms with E-state index < -0.39 is 98.2 Å². The molecule has 1 saturated heterocycles. The highest BCUT2D eigenvalue weighted by molar-refractivity contribution is 6.10. The van der Waals surface area contributed by atoms with Crippen LogP contribution in [0.2, 0.25) is 0 Å². The number of nitrogens with zero attached hydrogens (tertiary/aromatic N) is 5. The molecular formula is C64H84N6O14. The summed E-state index contributed by atoms with van der Waals surface area (Å²) < 4.78 is 38.4. The maximum atomic E-state index is 15.9. The maximum absolute atomic E-state index is 15.9. The number of ether oxygens (including phenoxy) is 7. The Hall–Kier alpha value is -7.38. The van der Waals surface area contributed by atoms with Gasteiger partial charge in [0.25, 0.3) is 0 Å². The number of aryl methyl sites for hydroxylation is 1. The van der Waals surface area contributed by atoms with Gasteiger partial charge in [-0.1, -0.05) is 34.6 Å². The number of pyridine rings is 2. The summed E-state index contributed by atoms with van der Waals surface area (Å²) in [7, 11) is 7.86. The monoisotopic (exact) mass is 1160 g/mol. The zero-order chi connectivity index (χ0) is 61.9. The Kier molecular flexibility index (Phi) is 19.2. The molecule has 1 unspecified atom stereocenters. The Morgan fingerprint density at radius 2 is 1.20 bits per heavy atom. The van der Waals surface area contributed by atoms with Gasteiger partial charge in [-0.15, -0.1) is 0 Å². The van der Waals surface area contributed by atoms with E-state index in [4.69, 9.17) is 48.1 Å². The van der Waals surface area contributed by atoms with Crippen LogP contribution in [0.3, 0.4) is 0 Å². The lowest BCUT2D eigenvalue weighted by atomic mass is 9.55. The third-order valence-electron chi connectivity index (χ3n) is 19.8. The Morgan fingerprint density at radius 3 is 1.80 bits per heavy atom. The van der Waals surface area contributed by atoms with Gasteiger partial charge in [0.15, 0.2) is 0 Å². The van der Waals surface area contributed by atoms with Crippen molar-refractivity contribution < 1.29 is 66.7 Å². The molecule has 9 atom stereocenters. The van der Waals surface area contributed by atoms with Crippen LogP contribution in [0.25, 0.3) is 11.4 Å². The van der Waals surface area contributed by atoms with Gasteiger partial charge in [-0.2, -0.15) is 0 Å². The summed E-state index contributed by atoms with van der Waals surface area (Å²) in [5, 5.41) is 3.76. The topological polar surface area (TPSA) is 259 Å². The standard InChI is InChI=1S/C64H84N6O14/c1-36-23-28-65-43(31-36)44-32-39(24-29-66-44)25-30-84-58(77)63(9)56-38(3)54-41(18-20-48(72)79-12)62(8,35-52(76)83-16)64(10,70-54)57-42(33-51(75)82-15)60(6,26-21-49(73)80-13)55(69-57)37(2)53-40(17-19-47(71)78-11)59(4,5)45(67-53)34-46(68-56)61(63,7)27-22-50(74)81-14/h23-24,28-29,31-32,34,40-42,57,68H,17-22,25-27,30,33,35H2,1-16H3/b46-34-,53-37-,56-38-/t40-,41-,42+,57?,60-,61-,62+,63+,64-/m1/s1. The van der Waals surface area contributed by atoms with Crippen LogP contribution in [0.4, 0.5) is 0 Å². The normalized spacial score (nSPS) is 30.7. The fourth-order valence-electron chi connectivity index (χ4n) is 14.0. The van der Waals surface area contributed by atoms with Crippen LogP contribution >= 0.6 is 0 Å². The Morgan fingerprint density at radius 1 is 0.643 bits per heavy atom. The molecule has 2 aromatic heterocycles. The van der Waals surface area contributed by atoms with Gasteiger partial charge in [0.1, 0.15) is 5.41 Å². The summed E-state index contributed by atoms with van der Waals surface area (Å²) in [5.74, 6) is -5.66. The zero-order valence-corrected chi connectivity index (χ0v) is 51.8. The van der Waals surface area contributed by atoms with Crippen LogP contribution in [-0.4, -0.2) is 130 Å². The molecule has 1 N–H and O–H groups in total. The number of hydrogen-bond donors (Lipinski definition) is 1. The molecule has 0 radical (unpaired) electrons. The maximum Gasteiger partial charge on any atom is 0.318 e. The van der Waals surface area contributed by atoms with E-state index in [0.29, 0.717) is 63.2 Å². The summed E-state index contributed by atoms with van der Waals surface area (Å²) in [5.41, 5.74) is -0.180. The van der Waals surface area contributed by atoms with Crippen molar-refractivity contribution in [3.05, 3.63) is 82.1 Å². The Balaban J connectivity index is 1.58. The van der Waals surface area contributed by atoms with Crippen molar-refractivity contribution in [2.75, 3.05) is 49.3 Å². The second kappa shape index (κ2) is 25.1. The summed E-state index contributed by atoms with van der Waals surface area (Å²) in [6.07, 6.45) is 5.60. The van der Waals surface area contributed by atoms with E-state index in [-0.39, 0.29) is 70.8 Å². The molecule has 0 saturated carbocycles. The van der Waals surface area contributed by atoms with E-state index in [0.717, 1.165) is 11.1 Å². The van der Waals surface area contributed by atoms with E-state index >= 15 is 4.79 Å². The predicted molar refractivity (Wildman–Crippen MR) is 313 cm³/mol. The first kappa shape index (κ1) is 64.2. The number of carbonyl (C=O) groups is 7. The van der Waals surface area contributed by atoms with Crippen molar-refractivity contribution in [3.63, 3.8) is 0 Å². The second-order valence-corrected chi connectivity index (χ2v) is 24.6. The quantitative estimate of drug-likeness (QED) is 0.0903. The van der Waals surface area contributed by atoms with Gasteiger partial charge in [-0.05, 0) is 113 Å². The van der Waals surface area contributed by atoms with Crippen LogP contribution in [0.15, 0.2) is 85.9 Å². The van der Waals surface area contributed by atoms with Crippen molar-refractivity contribution in [3.8, 4) is 11.4 Å². The molecular weight excluding hydrogens is 1080 g/mol. The number of rotatable bonds is 21. The minimum absolute atomic E-state index is 0.0313. The lowest BCUT2D eigenvalue weighted by Crippen LogP contribution is -2.55. The van der Waals surface area contributed by atoms with Gasteiger partial charge in [0.05, 0.1) is 85.1 Å². The molecule has 84 heavy (non-hydrogen) atoms. The van der Waals surface area contributed by atoms with E-state index in [1.165, 1.54) is 42.7 Å². The van der Waals surface area contributed by atoms with Crippen LogP contribution in [0.5, 0.6) is 0 Å². The second-order valence-electron chi connectivity index (χ2n) is 24.6. The van der Waals surface area contributed by atoms with Crippen LogP contribution in [0, 0.1) is 51.8 Å². The van der Waals surface area contributed by atoms with Gasteiger partial charge in [0.2, 0.25) is 0 Å². The molecule has 0 spiro atoms. The fraction of sp³-hybridized carbons (Fsp3) is 0.594. The molecule has 5 aliphatic rings. The lowest BCUT2D eigenvalue weighted by Gasteiger charge is -2.48. The summed E-state index contributed by atoms with van der Waals surface area (Å²) in [6.45, 7) is 19.3. The first-order valence-electron chi connectivity index (χ1n) is 28.7. The first-order valence-corrected chi connectivity index (χ1v) is 28.7. The minimum atomic E-state index is -1.66. The minimum Gasteiger partial charge on any atom is -0.469 e. The number of fused-ring (bicyclic) bond motifs is 6. The highest BCUT2D eigenvalue weighted by Crippen LogP contribution is 2.64. The van der Waals surface area contributed by atoms with Gasteiger partial charge in [-0.3, -0.25) is 58.5 Å². The average Bonchev–Trinajstić information content (AvgIpc) is 1.56. The molecule has 20 heteroatoms. The molecule has 20 nitrogen and oxygen atoms in total. The Bertz CT molecular complexity index is 3170. The number of methoxy groups -OCH3 is 6. The molecule has 0 aromatic carbocycles. The average molecular weight is 1160 g/mol. The van der Waals surface area contributed by atoms with Gasteiger partial charge < -0.3 is 38.5 Å². The molecule has 7 heterocycles. The van der Waals surface area contributed by atoms with Crippen molar-refractivity contribution in [1.29, 1.82) is 0 Å². The van der Waals surface area contributed by atoms with Crippen LogP contribution in [-0.2, 0) is 73.1 Å². The number of nitrogens with one attached hydrogen (secondary N) is 1. The molecule has 0 amide bonds. The number of carbonyl (C=O) groups excluding carboxylic acids is 7. The van der Waals surface area contributed by atoms with E-state index in [1.807, 2.05) is 92.7 Å². The smallest absolute Gasteiger partial charge is 0.318 e. The number of hydrogen-bond acceptors (Lipinski definition) is 20. The summed E-state index contributed by atoms with van der Waals surface area (Å²) in [6, 6.07) is 6.67. The van der Waals surface area contributed by atoms with Crippen molar-refractivity contribution >= 4 is 58.9 Å². The van der Waals surface area contributed by atoms with E-state index in [2.05, 4.69) is 15.3 Å². The third kappa shape index (κ3) is 11.6. The highest BCUT2D eigenvalue weighted by atomic mass is 16.5.